The molecule has 0 saturated carbocycles. The molecule has 0 spiro atoms. The van der Waals surface area contributed by atoms with Gasteiger partial charge in [0.2, 0.25) is 0 Å². The molecule has 0 bridgehead atoms. The molecule has 4 aromatic rings. The van der Waals surface area contributed by atoms with E-state index in [9.17, 15) is 4.79 Å². The van der Waals surface area contributed by atoms with Gasteiger partial charge in [0.1, 0.15) is 11.5 Å². The van der Waals surface area contributed by atoms with Gasteiger partial charge in [-0.25, -0.2) is 4.98 Å². The Labute approximate surface area is 222 Å². The topological polar surface area (TPSA) is 76.2 Å². The highest BCUT2D eigenvalue weighted by Crippen LogP contribution is 2.34. The maximum Gasteiger partial charge on any atom is 0.251 e. The smallest absolute Gasteiger partial charge is 0.251 e. The molecule has 0 aliphatic heterocycles. The Bertz CT molecular complexity index is 1260. The molecule has 6 nitrogen and oxygen atoms in total. The van der Waals surface area contributed by atoms with Crippen LogP contribution in [-0.4, -0.2) is 42.4 Å². The predicted octanol–water partition coefficient (Wildman–Crippen LogP) is 6.58. The number of imidazole rings is 1. The number of hydrogen-bond donors (Lipinski definition) is 2. The van der Waals surface area contributed by atoms with Crippen molar-refractivity contribution in [2.45, 2.75) is 31.3 Å². The summed E-state index contributed by atoms with van der Waals surface area (Å²) in [6.45, 7) is 7.01. The molecule has 0 fully saturated rings. The lowest BCUT2D eigenvalue weighted by molar-refractivity contribution is 0.0956. The number of methoxy groups -OCH3 is 2. The summed E-state index contributed by atoms with van der Waals surface area (Å²) in [6, 6.07) is 23.6. The average Bonchev–Trinajstić information content (AvgIpc) is 3.35. The highest BCUT2D eigenvalue weighted by Gasteiger charge is 2.16. The minimum absolute atomic E-state index is 0.0596. The van der Waals surface area contributed by atoms with Gasteiger partial charge < -0.3 is 19.8 Å². The molecule has 0 aliphatic rings. The van der Waals surface area contributed by atoms with Crippen molar-refractivity contribution < 1.29 is 14.3 Å². The number of aromatic nitrogens is 2. The van der Waals surface area contributed by atoms with Gasteiger partial charge in [0, 0.05) is 29.0 Å². The summed E-state index contributed by atoms with van der Waals surface area (Å²) in [7, 11) is 3.31. The Kier molecular flexibility index (Phi) is 8.24. The van der Waals surface area contributed by atoms with E-state index in [1.54, 1.807) is 26.0 Å². The van der Waals surface area contributed by atoms with Crippen LogP contribution in [0.3, 0.4) is 0 Å². The first-order valence-electron chi connectivity index (χ1n) is 12.2. The Morgan fingerprint density at radius 1 is 0.865 bits per heavy atom. The van der Waals surface area contributed by atoms with E-state index >= 15 is 0 Å². The number of H-pyrrole nitrogens is 1. The third-order valence-corrected chi connectivity index (χ3v) is 6.94. The Balaban J connectivity index is 1.44. The molecule has 192 valence electrons. The van der Waals surface area contributed by atoms with Crippen LogP contribution in [0.4, 0.5) is 0 Å². The average molecular weight is 516 g/mol. The van der Waals surface area contributed by atoms with Crippen molar-refractivity contribution in [1.29, 1.82) is 0 Å². The van der Waals surface area contributed by atoms with Gasteiger partial charge in [-0.2, -0.15) is 0 Å². The van der Waals surface area contributed by atoms with Crippen LogP contribution < -0.4 is 14.8 Å². The normalized spacial score (nSPS) is 11.3. The van der Waals surface area contributed by atoms with Crippen LogP contribution in [-0.2, 0) is 5.41 Å². The van der Waals surface area contributed by atoms with Crippen molar-refractivity contribution in [1.82, 2.24) is 15.3 Å². The molecule has 7 heteroatoms. The number of thioether (sulfide) groups is 1. The van der Waals surface area contributed by atoms with E-state index in [2.05, 4.69) is 31.1 Å². The summed E-state index contributed by atoms with van der Waals surface area (Å²) in [5.74, 6) is 2.21. The zero-order valence-corrected chi connectivity index (χ0v) is 22.7. The largest absolute Gasteiger partial charge is 0.497 e. The molecule has 0 saturated heterocycles. The van der Waals surface area contributed by atoms with Gasteiger partial charge in [-0.15, -0.1) is 0 Å². The van der Waals surface area contributed by atoms with E-state index < -0.39 is 0 Å². The summed E-state index contributed by atoms with van der Waals surface area (Å²) < 4.78 is 10.6. The van der Waals surface area contributed by atoms with E-state index in [1.807, 2.05) is 72.8 Å². The Morgan fingerprint density at radius 3 is 1.97 bits per heavy atom. The van der Waals surface area contributed by atoms with Crippen LogP contribution in [0.5, 0.6) is 11.5 Å². The quantitative estimate of drug-likeness (QED) is 0.194. The van der Waals surface area contributed by atoms with Crippen molar-refractivity contribution in [2.24, 2.45) is 0 Å². The number of nitrogens with zero attached hydrogens (tertiary/aromatic N) is 1. The first-order chi connectivity index (χ1) is 17.8. The Morgan fingerprint density at radius 2 is 1.43 bits per heavy atom. The number of aromatic amines is 1. The third-order valence-electron chi connectivity index (χ3n) is 6.06. The van der Waals surface area contributed by atoms with Gasteiger partial charge in [-0.1, -0.05) is 44.7 Å². The van der Waals surface area contributed by atoms with Crippen LogP contribution in [0.15, 0.2) is 78.0 Å². The van der Waals surface area contributed by atoms with E-state index in [0.29, 0.717) is 17.9 Å². The molecule has 1 aromatic heterocycles. The van der Waals surface area contributed by atoms with Crippen molar-refractivity contribution >= 4 is 17.7 Å². The standard InChI is InChI=1S/C30H33N3O3S/c1-30(2,3)23-12-6-22(7-13-23)28(34)31-18-19-37-29-32-26(20-8-14-24(35-4)15-9-20)27(33-29)21-10-16-25(36-5)17-11-21/h6-17H,18-19H2,1-5H3,(H,31,34)(H,32,33). The van der Waals surface area contributed by atoms with E-state index in [4.69, 9.17) is 14.5 Å². The van der Waals surface area contributed by atoms with Crippen LogP contribution in [0.1, 0.15) is 36.7 Å². The first-order valence-corrected chi connectivity index (χ1v) is 13.2. The SMILES string of the molecule is COc1ccc(-c2nc(SCCNC(=O)c3ccc(C(C)(C)C)cc3)[nH]c2-c2ccc(OC)cc2)cc1. The number of nitrogens with one attached hydrogen (secondary N) is 2. The minimum atomic E-state index is -0.0710. The molecule has 2 N–H and O–H groups in total. The number of amides is 1. The lowest BCUT2D eigenvalue weighted by atomic mass is 9.87. The van der Waals surface area contributed by atoms with Crippen LogP contribution in [0, 0.1) is 0 Å². The predicted molar refractivity (Wildman–Crippen MR) is 151 cm³/mol. The lowest BCUT2D eigenvalue weighted by Crippen LogP contribution is -2.25. The van der Waals surface area contributed by atoms with Gasteiger partial charge in [0.25, 0.3) is 5.91 Å². The molecular weight excluding hydrogens is 482 g/mol. The first kappa shape index (κ1) is 26.4. The van der Waals surface area contributed by atoms with E-state index in [0.717, 1.165) is 39.2 Å². The second-order valence-corrected chi connectivity index (χ2v) is 10.7. The molecule has 0 atom stereocenters. The maximum atomic E-state index is 12.6. The summed E-state index contributed by atoms with van der Waals surface area (Å²) in [5.41, 5.74) is 5.72. The molecule has 1 heterocycles. The zero-order valence-electron chi connectivity index (χ0n) is 21.9. The molecule has 4 rings (SSSR count). The number of benzene rings is 3. The Hall–Kier alpha value is -3.71. The third kappa shape index (κ3) is 6.54. The van der Waals surface area contributed by atoms with Gasteiger partial charge in [-0.3, -0.25) is 4.79 Å². The molecule has 0 unspecified atom stereocenters. The highest BCUT2D eigenvalue weighted by molar-refractivity contribution is 7.99. The van der Waals surface area contributed by atoms with Gasteiger partial charge in [-0.05, 0) is 71.6 Å². The van der Waals surface area contributed by atoms with E-state index in [-0.39, 0.29) is 11.3 Å². The van der Waals surface area contributed by atoms with Gasteiger partial charge in [0.05, 0.1) is 25.6 Å². The fraction of sp³-hybridized carbons (Fsp3) is 0.267. The summed E-state index contributed by atoms with van der Waals surface area (Å²) in [6.07, 6.45) is 0. The van der Waals surface area contributed by atoms with Gasteiger partial charge in [0.15, 0.2) is 5.16 Å². The highest BCUT2D eigenvalue weighted by atomic mass is 32.2. The number of ether oxygens (including phenoxy) is 2. The fourth-order valence-electron chi connectivity index (χ4n) is 3.88. The molecular formula is C30H33N3O3S. The molecule has 1 amide bonds. The number of hydrogen-bond acceptors (Lipinski definition) is 5. The van der Waals surface area contributed by atoms with Crippen molar-refractivity contribution in [3.05, 3.63) is 83.9 Å². The second kappa shape index (κ2) is 11.6. The fourth-order valence-corrected chi connectivity index (χ4v) is 4.61. The number of carbonyl (C=O) groups is 1. The maximum absolute atomic E-state index is 12.6. The van der Waals surface area contributed by atoms with Crippen LogP contribution in [0.25, 0.3) is 22.5 Å². The lowest BCUT2D eigenvalue weighted by Gasteiger charge is -2.19. The summed E-state index contributed by atoms with van der Waals surface area (Å²) in [4.78, 5) is 20.9. The molecule has 3 aromatic carbocycles. The van der Waals surface area contributed by atoms with Gasteiger partial charge >= 0.3 is 0 Å². The summed E-state index contributed by atoms with van der Waals surface area (Å²) >= 11 is 1.57. The molecule has 0 radical (unpaired) electrons. The molecule has 37 heavy (non-hydrogen) atoms. The number of rotatable bonds is 9. The number of carbonyl (C=O) groups excluding carboxylic acids is 1. The minimum Gasteiger partial charge on any atom is -0.497 e. The van der Waals surface area contributed by atoms with Crippen molar-refractivity contribution in [3.63, 3.8) is 0 Å². The molecule has 0 aliphatic carbocycles. The van der Waals surface area contributed by atoms with Crippen LogP contribution in [0.2, 0.25) is 0 Å². The summed E-state index contributed by atoms with van der Waals surface area (Å²) in [5, 5.41) is 3.80. The second-order valence-electron chi connectivity index (χ2n) is 9.65. The zero-order chi connectivity index (χ0) is 26.4. The monoisotopic (exact) mass is 515 g/mol. The van der Waals surface area contributed by atoms with E-state index in [1.165, 1.54) is 5.56 Å². The van der Waals surface area contributed by atoms with Crippen molar-refractivity contribution in [3.8, 4) is 34.0 Å². The van der Waals surface area contributed by atoms with Crippen LogP contribution >= 0.6 is 11.8 Å². The van der Waals surface area contributed by atoms with Crippen molar-refractivity contribution in [2.75, 3.05) is 26.5 Å².